The zero-order chi connectivity index (χ0) is 41.4. The first kappa shape index (κ1) is 41.2. The lowest BCUT2D eigenvalue weighted by atomic mass is 10.0. The van der Waals surface area contributed by atoms with E-state index < -0.39 is 35.8 Å². The van der Waals surface area contributed by atoms with Crippen molar-refractivity contribution in [3.63, 3.8) is 0 Å². The Morgan fingerprint density at radius 3 is 1.60 bits per heavy atom. The first-order valence-corrected chi connectivity index (χ1v) is 20.7. The number of likely N-dealkylation sites (N-methyl/N-ethyl adjacent to an activating group) is 2. The molecule has 16 heteroatoms. The van der Waals surface area contributed by atoms with Crippen LogP contribution in [0.15, 0.2) is 36.4 Å². The molecular formula is C42H56F2N10O4. The van der Waals surface area contributed by atoms with Gasteiger partial charge in [0.1, 0.15) is 23.7 Å². The monoisotopic (exact) mass is 802 g/mol. The molecule has 2 aromatic heterocycles. The molecule has 7 rings (SSSR count). The Morgan fingerprint density at radius 1 is 0.690 bits per heavy atom. The number of nitrogens with one attached hydrogen (secondary N) is 4. The molecule has 0 radical (unpaired) electrons. The molecule has 58 heavy (non-hydrogen) atoms. The van der Waals surface area contributed by atoms with Gasteiger partial charge < -0.3 is 40.2 Å². The van der Waals surface area contributed by atoms with Crippen LogP contribution in [-0.4, -0.2) is 116 Å². The number of hydrogen-bond donors (Lipinski definition) is 4. The van der Waals surface area contributed by atoms with Gasteiger partial charge >= 0.3 is 0 Å². The number of carbonyl (C=O) groups excluding carboxylic acids is 4. The van der Waals surface area contributed by atoms with E-state index in [0.717, 1.165) is 25.7 Å². The fourth-order valence-corrected chi connectivity index (χ4v) is 8.47. The van der Waals surface area contributed by atoms with Gasteiger partial charge in [-0.2, -0.15) is 0 Å². The molecule has 0 unspecified atom stereocenters. The molecule has 2 aliphatic heterocycles. The van der Waals surface area contributed by atoms with Gasteiger partial charge in [0.2, 0.25) is 23.6 Å². The molecule has 2 saturated heterocycles. The van der Waals surface area contributed by atoms with Gasteiger partial charge in [-0.05, 0) is 103 Å². The minimum atomic E-state index is -0.729. The molecule has 4 aromatic rings. The van der Waals surface area contributed by atoms with E-state index in [4.69, 9.17) is 9.97 Å². The van der Waals surface area contributed by atoms with Crippen LogP contribution in [0.4, 0.5) is 8.78 Å². The second-order valence-corrected chi connectivity index (χ2v) is 16.6. The van der Waals surface area contributed by atoms with Gasteiger partial charge in [-0.1, -0.05) is 13.8 Å². The molecule has 0 bridgehead atoms. The molecule has 1 saturated carbocycles. The van der Waals surface area contributed by atoms with E-state index in [0.29, 0.717) is 72.7 Å². The van der Waals surface area contributed by atoms with Crippen molar-refractivity contribution < 1.29 is 28.0 Å². The van der Waals surface area contributed by atoms with E-state index in [1.54, 1.807) is 40.1 Å². The molecule has 3 fully saturated rings. The van der Waals surface area contributed by atoms with Crippen LogP contribution in [-0.2, 0) is 32.3 Å². The summed E-state index contributed by atoms with van der Waals surface area (Å²) in [6.07, 6.45) is 4.69. The minimum absolute atomic E-state index is 0.0840. The molecule has 14 nitrogen and oxygen atoms in total. The van der Waals surface area contributed by atoms with Crippen molar-refractivity contribution in [1.82, 2.24) is 50.2 Å². The van der Waals surface area contributed by atoms with Gasteiger partial charge in [-0.25, -0.2) is 18.7 Å². The molecule has 312 valence electrons. The van der Waals surface area contributed by atoms with Crippen molar-refractivity contribution >= 4 is 45.7 Å². The second-order valence-electron chi connectivity index (χ2n) is 16.6. The maximum Gasteiger partial charge on any atom is 0.245 e. The summed E-state index contributed by atoms with van der Waals surface area (Å²) in [5.41, 5.74) is 2.11. The SMILES string of the molecule is CN[C@H](C)C(=O)N[C@@H](C(=O)N1CCC[C@H]1Cn1c(-c2nc3cc(F)ccc3n2C[C@@H]2CCCN2C(=O)[C@H](NC(=O)[C@@H](C)NC)C2CC2)nc2cc(F)ccc21)C(C)C. The number of benzene rings is 2. The van der Waals surface area contributed by atoms with Crippen molar-refractivity contribution in [1.29, 1.82) is 0 Å². The van der Waals surface area contributed by atoms with Crippen LogP contribution in [0.1, 0.15) is 66.2 Å². The number of imidazole rings is 2. The summed E-state index contributed by atoms with van der Waals surface area (Å²) in [4.78, 5) is 68.0. The molecule has 1 aliphatic carbocycles. The number of aromatic nitrogens is 4. The highest BCUT2D eigenvalue weighted by molar-refractivity contribution is 5.91. The molecule has 3 aliphatic rings. The maximum absolute atomic E-state index is 14.8. The highest BCUT2D eigenvalue weighted by atomic mass is 19.1. The molecule has 4 N–H and O–H groups in total. The van der Waals surface area contributed by atoms with Crippen LogP contribution < -0.4 is 21.3 Å². The lowest BCUT2D eigenvalue weighted by Crippen LogP contribution is -2.55. The van der Waals surface area contributed by atoms with Gasteiger partial charge in [-0.15, -0.1) is 0 Å². The van der Waals surface area contributed by atoms with E-state index in [1.807, 2.05) is 32.8 Å². The molecule has 4 heterocycles. The number of rotatable bonds is 15. The van der Waals surface area contributed by atoms with E-state index in [-0.39, 0.29) is 47.5 Å². The standard InChI is InChI=1S/C42H56F2N10O4/c1-23(2)35(49-39(55)24(3)45-5)41(57)51-17-7-9-29(51)21-53-33-15-13-27(43)19-31(33)47-37(53)38-48-32-20-28(44)14-16-34(32)54(38)22-30-10-8-18-52(30)42(58)36(26-11-12-26)50-40(56)25(4)46-6/h13-16,19-20,23-26,29-30,35-36,45-46H,7-12,17-18,21-22H2,1-6H3,(H,49,55)(H,50,56)/t24-,25-,29+,30+,35-,36-/m1/s1. The van der Waals surface area contributed by atoms with Crippen LogP contribution >= 0.6 is 0 Å². The van der Waals surface area contributed by atoms with Gasteiger partial charge in [-0.3, -0.25) is 19.2 Å². The predicted octanol–water partition coefficient (Wildman–Crippen LogP) is 3.56. The number of likely N-dealkylation sites (tertiary alicyclic amines) is 2. The summed E-state index contributed by atoms with van der Waals surface area (Å²) in [5, 5.41) is 11.8. The third kappa shape index (κ3) is 8.31. The quantitative estimate of drug-likeness (QED) is 0.142. The maximum atomic E-state index is 14.8. The van der Waals surface area contributed by atoms with E-state index >= 15 is 0 Å². The molecule has 6 atom stereocenters. The highest BCUT2D eigenvalue weighted by Gasteiger charge is 2.43. The molecule has 2 aromatic carbocycles. The highest BCUT2D eigenvalue weighted by Crippen LogP contribution is 2.36. The van der Waals surface area contributed by atoms with E-state index in [9.17, 15) is 28.0 Å². The smallest absolute Gasteiger partial charge is 0.245 e. The van der Waals surface area contributed by atoms with Gasteiger partial charge in [0, 0.05) is 50.4 Å². The van der Waals surface area contributed by atoms with Crippen LogP contribution in [0.25, 0.3) is 33.7 Å². The first-order chi connectivity index (χ1) is 27.8. The first-order valence-electron chi connectivity index (χ1n) is 20.7. The van der Waals surface area contributed by atoms with E-state index in [2.05, 4.69) is 21.3 Å². The Kier molecular flexibility index (Phi) is 12.1. The average Bonchev–Trinajstić information content (AvgIpc) is 3.47. The van der Waals surface area contributed by atoms with Crippen molar-refractivity contribution in [3.8, 4) is 11.6 Å². The number of amides is 4. The Morgan fingerprint density at radius 2 is 1.16 bits per heavy atom. The lowest BCUT2D eigenvalue weighted by molar-refractivity contribution is -0.139. The third-order valence-electron chi connectivity index (χ3n) is 12.3. The normalized spacial score (nSPS) is 20.5. The molecular weight excluding hydrogens is 747 g/mol. The fraction of sp³-hybridized carbons (Fsp3) is 0.571. The lowest BCUT2D eigenvalue weighted by Gasteiger charge is -2.32. The summed E-state index contributed by atoms with van der Waals surface area (Å²) in [7, 11) is 3.40. The van der Waals surface area contributed by atoms with Crippen molar-refractivity contribution in [2.75, 3.05) is 27.2 Å². The summed E-state index contributed by atoms with van der Waals surface area (Å²) in [6.45, 7) is 9.01. The molecule has 0 spiro atoms. The zero-order valence-electron chi connectivity index (χ0n) is 34.2. The zero-order valence-corrected chi connectivity index (χ0v) is 34.2. The number of carbonyl (C=O) groups is 4. The Labute approximate surface area is 337 Å². The number of fused-ring (bicyclic) bond motifs is 2. The number of nitrogens with zero attached hydrogens (tertiary/aromatic N) is 6. The van der Waals surface area contributed by atoms with Crippen LogP contribution in [0.3, 0.4) is 0 Å². The van der Waals surface area contributed by atoms with Crippen LogP contribution in [0.5, 0.6) is 0 Å². The van der Waals surface area contributed by atoms with Gasteiger partial charge in [0.15, 0.2) is 11.6 Å². The van der Waals surface area contributed by atoms with Crippen molar-refractivity contribution in [2.24, 2.45) is 11.8 Å². The summed E-state index contributed by atoms with van der Waals surface area (Å²) < 4.78 is 33.5. The third-order valence-corrected chi connectivity index (χ3v) is 12.3. The summed E-state index contributed by atoms with van der Waals surface area (Å²) in [5.74, 6) is -0.890. The summed E-state index contributed by atoms with van der Waals surface area (Å²) in [6, 6.07) is 6.04. The van der Waals surface area contributed by atoms with Crippen molar-refractivity contribution in [2.45, 2.75) is 116 Å². The second kappa shape index (κ2) is 17.1. The van der Waals surface area contributed by atoms with E-state index in [1.165, 1.54) is 24.3 Å². The van der Waals surface area contributed by atoms with Crippen LogP contribution in [0.2, 0.25) is 0 Å². The Hall–Kier alpha value is -4.96. The van der Waals surface area contributed by atoms with Crippen LogP contribution in [0, 0.1) is 23.5 Å². The molecule has 4 amide bonds. The fourth-order valence-electron chi connectivity index (χ4n) is 8.47. The topological polar surface area (TPSA) is 159 Å². The Bertz CT molecular complexity index is 2040. The average molecular weight is 803 g/mol. The Balaban J connectivity index is 1.24. The van der Waals surface area contributed by atoms with Crippen molar-refractivity contribution in [3.05, 3.63) is 48.0 Å². The minimum Gasteiger partial charge on any atom is -0.343 e. The number of halogens is 2. The largest absolute Gasteiger partial charge is 0.343 e. The summed E-state index contributed by atoms with van der Waals surface area (Å²) >= 11 is 0. The predicted molar refractivity (Wildman–Crippen MR) is 216 cm³/mol. The number of hydrogen-bond acceptors (Lipinski definition) is 8. The van der Waals surface area contributed by atoms with Gasteiger partial charge in [0.25, 0.3) is 0 Å². The van der Waals surface area contributed by atoms with Gasteiger partial charge in [0.05, 0.1) is 34.2 Å².